The van der Waals surface area contributed by atoms with Crippen LogP contribution in [0.25, 0.3) is 0 Å². The van der Waals surface area contributed by atoms with Crippen LogP contribution < -0.4 is 10.6 Å². The zero-order valence-electron chi connectivity index (χ0n) is 14.1. The average molecular weight is 399 g/mol. The topological polar surface area (TPSA) is 84.5 Å². The van der Waals surface area contributed by atoms with Crippen LogP contribution in [0.5, 0.6) is 0 Å². The van der Waals surface area contributed by atoms with Gasteiger partial charge in [-0.05, 0) is 44.5 Å². The number of carbonyl (C=O) groups is 3. The first-order valence-corrected chi connectivity index (χ1v) is 8.65. The zero-order valence-corrected chi connectivity index (χ0v) is 15.7. The smallest absolute Gasteiger partial charge is 0.328 e. The van der Waals surface area contributed by atoms with E-state index in [2.05, 4.69) is 26.6 Å². The van der Waals surface area contributed by atoms with Gasteiger partial charge in [-0.1, -0.05) is 29.3 Å². The molecule has 1 aromatic rings. The van der Waals surface area contributed by atoms with Crippen LogP contribution in [0.15, 0.2) is 28.7 Å². The number of ether oxygens (including phenoxy) is 1. The van der Waals surface area contributed by atoms with Crippen LogP contribution in [-0.2, 0) is 14.3 Å². The van der Waals surface area contributed by atoms with Gasteiger partial charge < -0.3 is 15.4 Å². The van der Waals surface area contributed by atoms with Gasteiger partial charge in [0.25, 0.3) is 11.8 Å². The summed E-state index contributed by atoms with van der Waals surface area (Å²) in [6.07, 6.45) is 1.82. The number of hydrogen-bond donors (Lipinski definition) is 2. The molecule has 1 aromatic carbocycles. The van der Waals surface area contributed by atoms with E-state index in [0.717, 1.165) is 17.3 Å². The quantitative estimate of drug-likeness (QED) is 0.658. The lowest BCUT2D eigenvalue weighted by molar-refractivity contribution is -0.150. The van der Waals surface area contributed by atoms with Crippen molar-refractivity contribution >= 4 is 33.7 Å². The third kappa shape index (κ3) is 7.12. The molecule has 6 nitrogen and oxygen atoms in total. The minimum absolute atomic E-state index is 0.0377. The molecule has 7 heteroatoms. The molecule has 0 unspecified atom stereocenters. The van der Waals surface area contributed by atoms with Crippen molar-refractivity contribution in [1.82, 2.24) is 10.6 Å². The normalized spacial score (nSPS) is 12.8. The molecular formula is C17H23BrN2O4. The number of rotatable bonds is 8. The molecule has 0 fully saturated rings. The Morgan fingerprint density at radius 1 is 1.12 bits per heavy atom. The van der Waals surface area contributed by atoms with Gasteiger partial charge in [0.2, 0.25) is 0 Å². The van der Waals surface area contributed by atoms with Crippen molar-refractivity contribution in [2.75, 3.05) is 6.61 Å². The van der Waals surface area contributed by atoms with Gasteiger partial charge in [-0.15, -0.1) is 0 Å². The Balaban J connectivity index is 2.40. The summed E-state index contributed by atoms with van der Waals surface area (Å²) in [7, 11) is 0. The Labute approximate surface area is 150 Å². The molecule has 2 N–H and O–H groups in total. The third-order valence-corrected chi connectivity index (χ3v) is 3.81. The minimum atomic E-state index is -0.845. The maximum Gasteiger partial charge on any atom is 0.328 e. The molecule has 0 saturated heterocycles. The Morgan fingerprint density at radius 3 is 2.33 bits per heavy atom. The van der Waals surface area contributed by atoms with Crippen molar-refractivity contribution < 1.29 is 19.1 Å². The summed E-state index contributed by atoms with van der Waals surface area (Å²) in [5.41, 5.74) is 0.434. The predicted molar refractivity (Wildman–Crippen MR) is 94.5 cm³/mol. The summed E-state index contributed by atoms with van der Waals surface area (Å²) < 4.78 is 5.78. The summed E-state index contributed by atoms with van der Waals surface area (Å²) in [4.78, 5) is 35.5. The molecule has 2 amide bonds. The minimum Gasteiger partial charge on any atom is -0.454 e. The lowest BCUT2D eigenvalue weighted by Gasteiger charge is -2.15. The van der Waals surface area contributed by atoms with Crippen molar-refractivity contribution in [2.45, 2.75) is 45.7 Å². The van der Waals surface area contributed by atoms with Gasteiger partial charge in [0.1, 0.15) is 6.04 Å². The Morgan fingerprint density at radius 2 is 1.75 bits per heavy atom. The van der Waals surface area contributed by atoms with Crippen LogP contribution in [0.1, 0.15) is 44.0 Å². The molecule has 0 aliphatic rings. The highest BCUT2D eigenvalue weighted by molar-refractivity contribution is 9.10. The number of nitrogens with one attached hydrogen (secondary N) is 2. The van der Waals surface area contributed by atoms with Gasteiger partial charge in [0.05, 0.1) is 0 Å². The van der Waals surface area contributed by atoms with Crippen molar-refractivity contribution in [1.29, 1.82) is 0 Å². The fourth-order valence-electron chi connectivity index (χ4n) is 2.02. The largest absolute Gasteiger partial charge is 0.454 e. The van der Waals surface area contributed by atoms with Crippen molar-refractivity contribution in [2.24, 2.45) is 0 Å². The number of esters is 1. The first kappa shape index (κ1) is 20.2. The lowest BCUT2D eigenvalue weighted by atomic mass is 10.2. The fourth-order valence-corrected chi connectivity index (χ4v) is 2.29. The summed E-state index contributed by atoms with van der Waals surface area (Å²) in [6, 6.07) is 5.94. The van der Waals surface area contributed by atoms with Crippen LogP contribution in [0, 0.1) is 0 Å². The standard InChI is InChI=1S/C17H23BrN2O4/c1-4-5-11(2)19-15(21)10-24-17(23)12(3)20-16(22)13-6-8-14(18)9-7-13/h6-9,11-12H,4-5,10H2,1-3H3,(H,19,21)(H,20,22)/t11-,12-/m0/s1. The highest BCUT2D eigenvalue weighted by Gasteiger charge is 2.19. The molecule has 0 aliphatic heterocycles. The second-order valence-corrected chi connectivity index (χ2v) is 6.48. The summed E-state index contributed by atoms with van der Waals surface area (Å²) >= 11 is 3.29. The Bertz CT molecular complexity index is 574. The van der Waals surface area contributed by atoms with E-state index in [-0.39, 0.29) is 24.5 Å². The van der Waals surface area contributed by atoms with Crippen molar-refractivity contribution in [3.8, 4) is 0 Å². The van der Waals surface area contributed by atoms with E-state index in [0.29, 0.717) is 5.56 Å². The van der Waals surface area contributed by atoms with E-state index >= 15 is 0 Å². The molecule has 0 spiro atoms. The second kappa shape index (κ2) is 10.1. The number of hydrogen-bond acceptors (Lipinski definition) is 4. The van der Waals surface area contributed by atoms with E-state index in [1.807, 2.05) is 13.8 Å². The zero-order chi connectivity index (χ0) is 18.1. The monoisotopic (exact) mass is 398 g/mol. The summed E-state index contributed by atoms with van der Waals surface area (Å²) in [5, 5.41) is 5.28. The van der Waals surface area contributed by atoms with Gasteiger partial charge in [-0.25, -0.2) is 4.79 Å². The third-order valence-electron chi connectivity index (χ3n) is 3.28. The van der Waals surface area contributed by atoms with Gasteiger partial charge >= 0.3 is 5.97 Å². The van der Waals surface area contributed by atoms with E-state index in [4.69, 9.17) is 4.74 Å². The van der Waals surface area contributed by atoms with E-state index < -0.39 is 12.0 Å². The van der Waals surface area contributed by atoms with Crippen molar-refractivity contribution in [3.63, 3.8) is 0 Å². The molecule has 0 aliphatic carbocycles. The lowest BCUT2D eigenvalue weighted by Crippen LogP contribution is -2.41. The Hall–Kier alpha value is -1.89. The Kier molecular flexibility index (Phi) is 8.46. The molecule has 1 rings (SSSR count). The number of halogens is 1. The molecule has 2 atom stereocenters. The van der Waals surface area contributed by atoms with E-state index in [1.165, 1.54) is 6.92 Å². The molecule has 0 heterocycles. The van der Waals surface area contributed by atoms with Gasteiger partial charge in [-0.2, -0.15) is 0 Å². The molecule has 132 valence electrons. The summed E-state index contributed by atoms with van der Waals surface area (Å²) in [6.45, 7) is 5.07. The highest BCUT2D eigenvalue weighted by Crippen LogP contribution is 2.10. The van der Waals surface area contributed by atoms with E-state index in [1.54, 1.807) is 24.3 Å². The second-order valence-electron chi connectivity index (χ2n) is 5.57. The number of amides is 2. The van der Waals surface area contributed by atoms with Crippen LogP contribution in [-0.4, -0.2) is 36.5 Å². The molecule has 24 heavy (non-hydrogen) atoms. The van der Waals surface area contributed by atoms with Crippen molar-refractivity contribution in [3.05, 3.63) is 34.3 Å². The number of carbonyl (C=O) groups excluding carboxylic acids is 3. The molecule has 0 bridgehead atoms. The van der Waals surface area contributed by atoms with Gasteiger partial charge in [-0.3, -0.25) is 9.59 Å². The van der Waals surface area contributed by atoms with Crippen LogP contribution in [0.3, 0.4) is 0 Å². The van der Waals surface area contributed by atoms with E-state index in [9.17, 15) is 14.4 Å². The first-order chi connectivity index (χ1) is 11.3. The molecular weight excluding hydrogens is 376 g/mol. The maximum atomic E-state index is 12.0. The fraction of sp³-hybridized carbons (Fsp3) is 0.471. The van der Waals surface area contributed by atoms with Crippen LogP contribution >= 0.6 is 15.9 Å². The van der Waals surface area contributed by atoms with Crippen LogP contribution in [0.2, 0.25) is 0 Å². The molecule has 0 radical (unpaired) electrons. The highest BCUT2D eigenvalue weighted by atomic mass is 79.9. The molecule has 0 aromatic heterocycles. The van der Waals surface area contributed by atoms with Gasteiger partial charge in [0.15, 0.2) is 6.61 Å². The SMILES string of the molecule is CCC[C@H](C)NC(=O)COC(=O)[C@H](C)NC(=O)c1ccc(Br)cc1. The molecule has 0 saturated carbocycles. The predicted octanol–water partition coefficient (Wildman–Crippen LogP) is 2.42. The summed E-state index contributed by atoms with van der Waals surface area (Å²) in [5.74, 6) is -1.39. The van der Waals surface area contributed by atoms with Gasteiger partial charge in [0, 0.05) is 16.1 Å². The first-order valence-electron chi connectivity index (χ1n) is 7.86. The van der Waals surface area contributed by atoms with Crippen LogP contribution in [0.4, 0.5) is 0 Å². The average Bonchev–Trinajstić information content (AvgIpc) is 2.53. The number of benzene rings is 1. The maximum absolute atomic E-state index is 12.0.